The molecule has 1 aliphatic carbocycles. The van der Waals surface area contributed by atoms with Crippen molar-refractivity contribution in [3.63, 3.8) is 0 Å². The molecule has 0 spiro atoms. The van der Waals surface area contributed by atoms with Gasteiger partial charge in [0.1, 0.15) is 11.3 Å². The molecule has 6 heteroatoms. The highest BCUT2D eigenvalue weighted by molar-refractivity contribution is 5.83. The molecular formula is C19H25N3O3. The van der Waals surface area contributed by atoms with Gasteiger partial charge in [0.15, 0.2) is 5.75 Å². The zero-order chi connectivity index (χ0) is 17.2. The number of aromatic nitrogens is 2. The fourth-order valence-corrected chi connectivity index (χ4v) is 4.49. The number of benzene rings is 1. The van der Waals surface area contributed by atoms with Crippen LogP contribution in [0.25, 0.3) is 11.0 Å². The van der Waals surface area contributed by atoms with Crippen LogP contribution < -0.4 is 10.1 Å². The van der Waals surface area contributed by atoms with Crippen LogP contribution in [0.15, 0.2) is 18.2 Å². The lowest BCUT2D eigenvalue weighted by molar-refractivity contribution is 0.145. The maximum absolute atomic E-state index is 10.9. The van der Waals surface area contributed by atoms with Crippen LogP contribution in [-0.2, 0) is 0 Å². The van der Waals surface area contributed by atoms with Crippen LogP contribution >= 0.6 is 0 Å². The number of H-pyrrole nitrogens is 1. The molecule has 1 aromatic carbocycles. The second kappa shape index (κ2) is 7.04. The Kier molecular flexibility index (Phi) is 4.61. The molecule has 1 aliphatic heterocycles. The number of hydrogen-bond acceptors (Lipinski definition) is 4. The third kappa shape index (κ3) is 3.49. The first-order valence-electron chi connectivity index (χ1n) is 9.33. The molecule has 2 aromatic rings. The number of carboxylic acid groups (broad SMARTS) is 1. The molecule has 1 saturated heterocycles. The van der Waals surface area contributed by atoms with Crippen LogP contribution in [0.1, 0.15) is 56.7 Å². The Morgan fingerprint density at radius 2 is 2.04 bits per heavy atom. The number of carbonyl (C=O) groups is 1. The zero-order valence-electron chi connectivity index (χ0n) is 14.3. The standard InChI is InChI=1S/C19H25N3O3/c23-19(24)25-16-8-4-7-14-17(16)22-18(21-14)13-9-10-20-15(11-13)12-5-2-1-3-6-12/h4,7-8,12-13,15,20H,1-3,5-6,9-11H2,(H,21,22)(H,23,24). The molecule has 134 valence electrons. The number of nitrogens with one attached hydrogen (secondary N) is 2. The van der Waals surface area contributed by atoms with Crippen LogP contribution in [0.3, 0.4) is 0 Å². The molecule has 3 N–H and O–H groups in total. The van der Waals surface area contributed by atoms with Gasteiger partial charge in [0.25, 0.3) is 0 Å². The van der Waals surface area contributed by atoms with Crippen molar-refractivity contribution in [2.24, 2.45) is 5.92 Å². The fourth-order valence-electron chi connectivity index (χ4n) is 4.49. The highest BCUT2D eigenvalue weighted by Gasteiger charge is 2.31. The van der Waals surface area contributed by atoms with Gasteiger partial charge in [-0.1, -0.05) is 25.3 Å². The molecule has 2 unspecified atom stereocenters. The van der Waals surface area contributed by atoms with E-state index >= 15 is 0 Å². The molecule has 25 heavy (non-hydrogen) atoms. The maximum atomic E-state index is 10.9. The first-order chi connectivity index (χ1) is 12.2. The predicted molar refractivity (Wildman–Crippen MR) is 95.1 cm³/mol. The average Bonchev–Trinajstić information content (AvgIpc) is 3.08. The summed E-state index contributed by atoms with van der Waals surface area (Å²) < 4.78 is 4.87. The van der Waals surface area contributed by atoms with E-state index in [0.717, 1.165) is 36.6 Å². The Morgan fingerprint density at radius 3 is 2.84 bits per heavy atom. The summed E-state index contributed by atoms with van der Waals surface area (Å²) in [6.07, 6.45) is 7.60. The van der Waals surface area contributed by atoms with Crippen LogP contribution in [-0.4, -0.2) is 33.8 Å². The van der Waals surface area contributed by atoms with Crippen LogP contribution in [0.4, 0.5) is 4.79 Å². The second-order valence-corrected chi connectivity index (χ2v) is 7.32. The minimum Gasteiger partial charge on any atom is -0.449 e. The van der Waals surface area contributed by atoms with Gasteiger partial charge in [-0.2, -0.15) is 0 Å². The van der Waals surface area contributed by atoms with Gasteiger partial charge in [0, 0.05) is 12.0 Å². The summed E-state index contributed by atoms with van der Waals surface area (Å²) in [4.78, 5) is 19.0. The highest BCUT2D eigenvalue weighted by Crippen LogP contribution is 2.36. The van der Waals surface area contributed by atoms with E-state index in [4.69, 9.17) is 14.8 Å². The highest BCUT2D eigenvalue weighted by atomic mass is 16.7. The average molecular weight is 343 g/mol. The fraction of sp³-hybridized carbons (Fsp3) is 0.579. The Labute approximate surface area is 147 Å². The summed E-state index contributed by atoms with van der Waals surface area (Å²) in [6, 6.07) is 5.92. The van der Waals surface area contributed by atoms with Crippen molar-refractivity contribution in [3.05, 3.63) is 24.0 Å². The number of nitrogens with zero attached hydrogens (tertiary/aromatic N) is 1. The number of imidazole rings is 1. The van der Waals surface area contributed by atoms with E-state index in [0.29, 0.717) is 23.2 Å². The molecule has 2 fully saturated rings. The van der Waals surface area contributed by atoms with Gasteiger partial charge in [-0.25, -0.2) is 9.78 Å². The SMILES string of the molecule is O=C(O)Oc1cccc2[nH]c(C3CCNC(C4CCCCC4)C3)nc12. The third-order valence-corrected chi connectivity index (χ3v) is 5.73. The molecule has 0 amide bonds. The largest absolute Gasteiger partial charge is 0.511 e. The molecule has 6 nitrogen and oxygen atoms in total. The van der Waals surface area contributed by atoms with Crippen molar-refractivity contribution in [3.8, 4) is 5.75 Å². The van der Waals surface area contributed by atoms with E-state index in [9.17, 15) is 4.79 Å². The Balaban J connectivity index is 1.55. The van der Waals surface area contributed by atoms with E-state index in [-0.39, 0.29) is 0 Å². The number of ether oxygens (including phenoxy) is 1. The molecule has 0 radical (unpaired) electrons. The van der Waals surface area contributed by atoms with Gasteiger partial charge in [-0.3, -0.25) is 0 Å². The molecule has 2 heterocycles. The number of hydrogen-bond donors (Lipinski definition) is 3. The predicted octanol–water partition coefficient (Wildman–Crippen LogP) is 4.04. The first kappa shape index (κ1) is 16.4. The van der Waals surface area contributed by atoms with Gasteiger partial charge < -0.3 is 20.1 Å². The van der Waals surface area contributed by atoms with E-state index < -0.39 is 6.16 Å². The normalized spacial score (nSPS) is 25.1. The van der Waals surface area contributed by atoms with Crippen LogP contribution in [0.2, 0.25) is 0 Å². The summed E-state index contributed by atoms with van der Waals surface area (Å²) >= 11 is 0. The van der Waals surface area contributed by atoms with Crippen molar-refractivity contribution >= 4 is 17.2 Å². The second-order valence-electron chi connectivity index (χ2n) is 7.32. The monoisotopic (exact) mass is 343 g/mol. The van der Waals surface area contributed by atoms with E-state index in [1.165, 1.54) is 32.1 Å². The van der Waals surface area contributed by atoms with Gasteiger partial charge >= 0.3 is 6.16 Å². The summed E-state index contributed by atoms with van der Waals surface area (Å²) in [6.45, 7) is 1.02. The Morgan fingerprint density at radius 1 is 1.20 bits per heavy atom. The third-order valence-electron chi connectivity index (χ3n) is 5.73. The van der Waals surface area contributed by atoms with Gasteiger partial charge in [0.2, 0.25) is 0 Å². The van der Waals surface area contributed by atoms with Crippen LogP contribution in [0.5, 0.6) is 5.75 Å². The molecule has 0 bridgehead atoms. The lowest BCUT2D eigenvalue weighted by Crippen LogP contribution is -2.43. The molecule has 1 aromatic heterocycles. The maximum Gasteiger partial charge on any atom is 0.511 e. The van der Waals surface area contributed by atoms with E-state index in [1.54, 1.807) is 12.1 Å². The quantitative estimate of drug-likeness (QED) is 0.578. The lowest BCUT2D eigenvalue weighted by atomic mass is 9.78. The number of rotatable bonds is 3. The zero-order valence-corrected chi connectivity index (χ0v) is 14.3. The number of para-hydroxylation sites is 1. The van der Waals surface area contributed by atoms with Crippen molar-refractivity contribution < 1.29 is 14.6 Å². The molecule has 2 atom stereocenters. The number of aromatic amines is 1. The molecule has 4 rings (SSSR count). The van der Waals surface area contributed by atoms with E-state index in [1.807, 2.05) is 6.07 Å². The summed E-state index contributed by atoms with van der Waals surface area (Å²) in [5.74, 6) is 2.43. The molecular weight excluding hydrogens is 318 g/mol. The van der Waals surface area contributed by atoms with Crippen molar-refractivity contribution in [1.82, 2.24) is 15.3 Å². The van der Waals surface area contributed by atoms with Crippen molar-refractivity contribution in [2.45, 2.75) is 56.9 Å². The van der Waals surface area contributed by atoms with Gasteiger partial charge in [-0.05, 0) is 50.3 Å². The molecule has 2 aliphatic rings. The van der Waals surface area contributed by atoms with Crippen LogP contribution in [0, 0.1) is 5.92 Å². The Bertz CT molecular complexity index is 751. The van der Waals surface area contributed by atoms with Crippen molar-refractivity contribution in [2.75, 3.05) is 6.54 Å². The van der Waals surface area contributed by atoms with Gasteiger partial charge in [0.05, 0.1) is 5.52 Å². The Hall–Kier alpha value is -2.08. The lowest BCUT2D eigenvalue weighted by Gasteiger charge is -2.36. The van der Waals surface area contributed by atoms with Gasteiger partial charge in [-0.15, -0.1) is 0 Å². The van der Waals surface area contributed by atoms with E-state index in [2.05, 4.69) is 10.3 Å². The minimum absolute atomic E-state index is 0.297. The van der Waals surface area contributed by atoms with Crippen molar-refractivity contribution in [1.29, 1.82) is 0 Å². The first-order valence-corrected chi connectivity index (χ1v) is 9.33. The smallest absolute Gasteiger partial charge is 0.449 e. The summed E-state index contributed by atoms with van der Waals surface area (Å²) in [7, 11) is 0. The topological polar surface area (TPSA) is 87.2 Å². The minimum atomic E-state index is -1.31. The number of piperidine rings is 1. The number of fused-ring (bicyclic) bond motifs is 1. The molecule has 1 saturated carbocycles. The summed E-state index contributed by atoms with van der Waals surface area (Å²) in [5.41, 5.74) is 1.44. The summed E-state index contributed by atoms with van der Waals surface area (Å²) in [5, 5.41) is 12.6.